The van der Waals surface area contributed by atoms with Crippen molar-refractivity contribution in [3.05, 3.63) is 23.8 Å². The number of carboxylic acid groups (broad SMARTS) is 1. The number of rotatable bonds is 5. The van der Waals surface area contributed by atoms with Crippen LogP contribution < -0.4 is 14.6 Å². The summed E-state index contributed by atoms with van der Waals surface area (Å²) in [6.07, 6.45) is 0.151. The van der Waals surface area contributed by atoms with Gasteiger partial charge in [-0.1, -0.05) is 18.3 Å². The van der Waals surface area contributed by atoms with E-state index in [1.807, 2.05) is 0 Å². The van der Waals surface area contributed by atoms with Crippen LogP contribution in [0.5, 0.6) is 11.5 Å². The van der Waals surface area contributed by atoms with Crippen LogP contribution in [0.25, 0.3) is 0 Å². The molecule has 0 aliphatic heterocycles. The molecule has 0 aliphatic carbocycles. The molecule has 0 aliphatic rings. The number of carbonyl (C=O) groups is 1. The Morgan fingerprint density at radius 1 is 1.31 bits per heavy atom. The van der Waals surface area contributed by atoms with Crippen LogP contribution in [-0.4, -0.2) is 25.1 Å². The first-order valence-corrected chi connectivity index (χ1v) is 4.94. The van der Waals surface area contributed by atoms with E-state index >= 15 is 0 Å². The van der Waals surface area contributed by atoms with E-state index in [9.17, 15) is 9.90 Å². The first-order chi connectivity index (χ1) is 7.58. The molecule has 5 heteroatoms. The normalized spacial score (nSPS) is 9.62. The summed E-state index contributed by atoms with van der Waals surface area (Å²) in [7, 11) is 3.04. The zero-order chi connectivity index (χ0) is 12.1. The topological polar surface area (TPSA) is 58.6 Å². The molecule has 0 atom stereocenters. The van der Waals surface area contributed by atoms with Gasteiger partial charge in [0.05, 0.1) is 20.2 Å². The molecule has 0 radical (unpaired) electrons. The van der Waals surface area contributed by atoms with Gasteiger partial charge in [0.1, 0.15) is 0 Å². The molecule has 0 bridgehead atoms. The summed E-state index contributed by atoms with van der Waals surface area (Å²) >= 11 is 4.67. The summed E-state index contributed by atoms with van der Waals surface area (Å²) in [4.78, 5) is 10.3. The van der Waals surface area contributed by atoms with E-state index in [0.29, 0.717) is 11.5 Å². The SMILES string of the molecule is COc1ccc(CC(=S)C(=O)[O-])cc1OC. The molecule has 1 rings (SSSR count). The predicted molar refractivity (Wildman–Crippen MR) is 60.9 cm³/mol. The lowest BCUT2D eigenvalue weighted by atomic mass is 10.1. The second-order valence-electron chi connectivity index (χ2n) is 3.08. The number of thiocarbonyl (C=S) groups is 1. The molecule has 1 aromatic rings. The average molecular weight is 239 g/mol. The number of carboxylic acids is 1. The second kappa shape index (κ2) is 5.46. The molecule has 0 unspecified atom stereocenters. The van der Waals surface area contributed by atoms with Crippen LogP contribution in [0.4, 0.5) is 0 Å². The quantitative estimate of drug-likeness (QED) is 0.695. The molecule has 0 amide bonds. The molecular weight excluding hydrogens is 228 g/mol. The number of hydrogen-bond donors (Lipinski definition) is 0. The predicted octanol–water partition coefficient (Wildman–Crippen LogP) is 0.366. The van der Waals surface area contributed by atoms with Crippen LogP contribution in [0.2, 0.25) is 0 Å². The van der Waals surface area contributed by atoms with Crippen LogP contribution in [0.3, 0.4) is 0 Å². The first kappa shape index (κ1) is 12.4. The number of benzene rings is 1. The third-order valence-corrected chi connectivity index (χ3v) is 2.35. The molecule has 0 aromatic heterocycles. The van der Waals surface area contributed by atoms with Crippen molar-refractivity contribution in [1.29, 1.82) is 0 Å². The van der Waals surface area contributed by atoms with Crippen molar-refractivity contribution in [1.82, 2.24) is 0 Å². The number of methoxy groups -OCH3 is 2. The highest BCUT2D eigenvalue weighted by atomic mass is 32.1. The Hall–Kier alpha value is -1.62. The summed E-state index contributed by atoms with van der Waals surface area (Å²) in [6, 6.07) is 5.12. The molecule has 16 heavy (non-hydrogen) atoms. The minimum absolute atomic E-state index is 0.132. The van der Waals surface area contributed by atoms with Gasteiger partial charge in [0.25, 0.3) is 0 Å². The summed E-state index contributed by atoms with van der Waals surface area (Å²) in [5, 5.41) is 10.5. The molecule has 0 fully saturated rings. The van der Waals surface area contributed by atoms with Gasteiger partial charge in [-0.05, 0) is 17.7 Å². The lowest BCUT2D eigenvalue weighted by Gasteiger charge is -2.10. The molecule has 0 saturated heterocycles. The minimum atomic E-state index is -1.32. The molecule has 0 saturated carbocycles. The Kier molecular flexibility index (Phi) is 4.25. The highest BCUT2D eigenvalue weighted by Crippen LogP contribution is 2.27. The van der Waals surface area contributed by atoms with E-state index in [0.717, 1.165) is 5.56 Å². The second-order valence-corrected chi connectivity index (χ2v) is 3.57. The Morgan fingerprint density at radius 2 is 1.94 bits per heavy atom. The zero-order valence-electron chi connectivity index (χ0n) is 8.98. The van der Waals surface area contributed by atoms with Gasteiger partial charge in [0, 0.05) is 11.3 Å². The fourth-order valence-electron chi connectivity index (χ4n) is 1.25. The highest BCUT2D eigenvalue weighted by molar-refractivity contribution is 7.82. The summed E-state index contributed by atoms with van der Waals surface area (Å²) in [5.74, 6) is -0.184. The maximum Gasteiger partial charge on any atom is 0.160 e. The van der Waals surface area contributed by atoms with Gasteiger partial charge in [0.2, 0.25) is 0 Å². The number of carbonyl (C=O) groups excluding carboxylic acids is 1. The highest BCUT2D eigenvalue weighted by Gasteiger charge is 2.06. The number of aliphatic carboxylic acids is 1. The lowest BCUT2D eigenvalue weighted by Crippen LogP contribution is -2.31. The van der Waals surface area contributed by atoms with Gasteiger partial charge >= 0.3 is 0 Å². The molecule has 0 N–H and O–H groups in total. The Morgan fingerprint density at radius 3 is 2.44 bits per heavy atom. The fraction of sp³-hybridized carbons (Fsp3) is 0.273. The average Bonchev–Trinajstić information content (AvgIpc) is 2.28. The van der Waals surface area contributed by atoms with Gasteiger partial charge in [0.15, 0.2) is 11.5 Å². The van der Waals surface area contributed by atoms with Gasteiger partial charge in [-0.15, -0.1) is 0 Å². The van der Waals surface area contributed by atoms with Crippen LogP contribution >= 0.6 is 12.2 Å². The molecule has 0 spiro atoms. The van der Waals surface area contributed by atoms with Gasteiger partial charge in [-0.3, -0.25) is 0 Å². The van der Waals surface area contributed by atoms with Crippen LogP contribution in [0.15, 0.2) is 18.2 Å². The van der Waals surface area contributed by atoms with Crippen molar-refractivity contribution in [2.75, 3.05) is 14.2 Å². The van der Waals surface area contributed by atoms with Gasteiger partial charge in [-0.2, -0.15) is 0 Å². The maximum absolute atomic E-state index is 10.5. The number of hydrogen-bond acceptors (Lipinski definition) is 5. The van der Waals surface area contributed by atoms with Gasteiger partial charge in [-0.25, -0.2) is 0 Å². The molecule has 1 aromatic carbocycles. The fourth-order valence-corrected chi connectivity index (χ4v) is 1.41. The van der Waals surface area contributed by atoms with E-state index in [4.69, 9.17) is 9.47 Å². The van der Waals surface area contributed by atoms with E-state index < -0.39 is 5.97 Å². The largest absolute Gasteiger partial charge is 0.544 e. The molecule has 0 heterocycles. The Balaban J connectivity index is 2.91. The standard InChI is InChI=1S/C11H12O4S/c1-14-8-4-3-7(5-9(8)15-2)6-10(16)11(12)13/h3-5H,6H2,1-2H3,(H,12,13)/p-1. The third kappa shape index (κ3) is 2.93. The minimum Gasteiger partial charge on any atom is -0.544 e. The smallest absolute Gasteiger partial charge is 0.160 e. The Labute approximate surface area is 98.8 Å². The Bertz CT molecular complexity index is 414. The zero-order valence-corrected chi connectivity index (χ0v) is 9.80. The lowest BCUT2D eigenvalue weighted by molar-refractivity contribution is -0.293. The van der Waals surface area contributed by atoms with E-state index in [-0.39, 0.29) is 11.3 Å². The van der Waals surface area contributed by atoms with Crippen molar-refractivity contribution in [3.63, 3.8) is 0 Å². The molecule has 4 nitrogen and oxygen atoms in total. The maximum atomic E-state index is 10.5. The van der Waals surface area contributed by atoms with Crippen molar-refractivity contribution >= 4 is 23.1 Å². The number of ether oxygens (including phenoxy) is 2. The third-order valence-electron chi connectivity index (χ3n) is 2.04. The van der Waals surface area contributed by atoms with Crippen LogP contribution in [-0.2, 0) is 11.2 Å². The van der Waals surface area contributed by atoms with Crippen molar-refractivity contribution in [2.45, 2.75) is 6.42 Å². The van der Waals surface area contributed by atoms with Crippen LogP contribution in [0, 0.1) is 0 Å². The molecule has 86 valence electrons. The van der Waals surface area contributed by atoms with Gasteiger partial charge < -0.3 is 19.4 Å². The van der Waals surface area contributed by atoms with Crippen molar-refractivity contribution < 1.29 is 19.4 Å². The molecular formula is C11H11O4S-. The van der Waals surface area contributed by atoms with Crippen molar-refractivity contribution in [2.24, 2.45) is 0 Å². The summed E-state index contributed by atoms with van der Waals surface area (Å²) in [6.45, 7) is 0. The summed E-state index contributed by atoms with van der Waals surface area (Å²) in [5.41, 5.74) is 0.742. The van der Waals surface area contributed by atoms with E-state index in [1.54, 1.807) is 18.2 Å². The van der Waals surface area contributed by atoms with E-state index in [2.05, 4.69) is 12.2 Å². The van der Waals surface area contributed by atoms with Crippen molar-refractivity contribution in [3.8, 4) is 11.5 Å². The summed E-state index contributed by atoms with van der Waals surface area (Å²) < 4.78 is 10.1. The van der Waals surface area contributed by atoms with E-state index in [1.165, 1.54) is 14.2 Å². The van der Waals surface area contributed by atoms with Crippen LogP contribution in [0.1, 0.15) is 5.56 Å². The first-order valence-electron chi connectivity index (χ1n) is 4.53. The monoisotopic (exact) mass is 239 g/mol.